The van der Waals surface area contributed by atoms with Crippen molar-refractivity contribution in [1.29, 1.82) is 0 Å². The first-order valence-electron chi connectivity index (χ1n) is 33.9. The number of aromatic carboxylic acids is 1. The average Bonchev–Trinajstić information content (AvgIpc) is 1.78. The van der Waals surface area contributed by atoms with Gasteiger partial charge in [0.2, 0.25) is 47.6 Å². The molecule has 34 heteroatoms. The molecule has 4 aliphatic heterocycles. The first-order chi connectivity index (χ1) is 48.3. The number of H-pyrrole nitrogens is 1. The second-order valence-electron chi connectivity index (χ2n) is 26.5. The molecule has 0 aliphatic carbocycles. The molecular weight excluding hydrogens is 1360 g/mol. The van der Waals surface area contributed by atoms with Gasteiger partial charge in [0.15, 0.2) is 17.7 Å². The monoisotopic (exact) mass is 1450 g/mol. The van der Waals surface area contributed by atoms with Crippen LogP contribution in [-0.4, -0.2) is 231 Å². The minimum absolute atomic E-state index is 0.0941. The minimum Gasteiger partial charge on any atom is -0.494 e. The number of hydrogen-bond donors (Lipinski definition) is 11. The van der Waals surface area contributed by atoms with Crippen LogP contribution in [0.3, 0.4) is 0 Å². The molecule has 3 aromatic rings. The number of aromatic nitrogens is 1. The number of carboxylic acid groups (broad SMARTS) is 1. The van der Waals surface area contributed by atoms with E-state index in [1.54, 1.807) is 52.9 Å². The second-order valence-corrected chi connectivity index (χ2v) is 27.9. The molecule has 102 heavy (non-hydrogen) atoms. The van der Waals surface area contributed by atoms with E-state index in [1.807, 2.05) is 0 Å². The van der Waals surface area contributed by atoms with Crippen LogP contribution in [0, 0.1) is 35.5 Å². The van der Waals surface area contributed by atoms with Gasteiger partial charge in [-0.1, -0.05) is 59.9 Å². The van der Waals surface area contributed by atoms with Gasteiger partial charge in [0.25, 0.3) is 0 Å². The summed E-state index contributed by atoms with van der Waals surface area (Å²) < 4.78 is 49.0. The number of unbranched alkanes of at least 4 members (excludes halogenated alkanes) is 3. The Kier molecular flexibility index (Phi) is 28.8. The summed E-state index contributed by atoms with van der Waals surface area (Å²) in [7, 11) is 0.296. The molecule has 12 N–H and O–H groups in total. The van der Waals surface area contributed by atoms with Crippen LogP contribution < -0.4 is 41.8 Å². The van der Waals surface area contributed by atoms with E-state index in [-0.39, 0.29) is 40.6 Å². The number of nitrogens with two attached hydrogens (primary N) is 1. The highest BCUT2D eigenvalue weighted by Gasteiger charge is 2.50. The molecule has 0 saturated carbocycles. The summed E-state index contributed by atoms with van der Waals surface area (Å²) in [6.07, 6.45) is -7.68. The van der Waals surface area contributed by atoms with E-state index >= 15 is 4.21 Å². The zero-order valence-corrected chi connectivity index (χ0v) is 59.0. The van der Waals surface area contributed by atoms with Crippen LogP contribution >= 0.6 is 0 Å². The lowest BCUT2D eigenvalue weighted by Gasteiger charge is -2.42. The molecular formula is C68H93N9O24S. The lowest BCUT2D eigenvalue weighted by Crippen LogP contribution is -2.56. The summed E-state index contributed by atoms with van der Waals surface area (Å²) in [6.45, 7) is 6.68. The maximum Gasteiger partial charge on any atom is 0.409 e. The van der Waals surface area contributed by atoms with Gasteiger partial charge in [-0.3, -0.25) is 52.2 Å². The number of esters is 2. The summed E-state index contributed by atoms with van der Waals surface area (Å²) in [4.78, 5) is 183. The molecule has 7 rings (SSSR count). The third-order valence-corrected chi connectivity index (χ3v) is 20.5. The van der Waals surface area contributed by atoms with Crippen molar-refractivity contribution in [3.8, 4) is 11.5 Å². The van der Waals surface area contributed by atoms with Crippen LogP contribution in [-0.2, 0) is 95.5 Å². The Balaban J connectivity index is 1.09. The van der Waals surface area contributed by atoms with Crippen LogP contribution in [0.4, 0.5) is 4.79 Å². The number of nitrogens with one attached hydrogen (secondary N) is 6. The van der Waals surface area contributed by atoms with Crippen molar-refractivity contribution < 1.29 is 115 Å². The molecule has 2 fully saturated rings. The van der Waals surface area contributed by atoms with Crippen molar-refractivity contribution in [3.63, 3.8) is 0 Å². The quantitative estimate of drug-likeness (QED) is 0.0357. The second kappa shape index (κ2) is 36.7. The van der Waals surface area contributed by atoms with Crippen molar-refractivity contribution in [2.75, 3.05) is 59.3 Å². The van der Waals surface area contributed by atoms with E-state index in [0.29, 0.717) is 55.3 Å². The highest BCUT2D eigenvalue weighted by atomic mass is 32.2. The van der Waals surface area contributed by atoms with Gasteiger partial charge in [0, 0.05) is 87.9 Å². The van der Waals surface area contributed by atoms with Crippen molar-refractivity contribution in [2.45, 2.75) is 172 Å². The van der Waals surface area contributed by atoms with Crippen LogP contribution in [0.2, 0.25) is 0 Å². The molecule has 560 valence electrons. The topological polar surface area (TPSA) is 484 Å². The Hall–Kier alpha value is -9.12. The fourth-order valence-corrected chi connectivity index (χ4v) is 14.1. The van der Waals surface area contributed by atoms with Gasteiger partial charge >= 0.3 is 24.0 Å². The molecule has 0 spiro atoms. The number of carbonyl (C=O) groups is 13. The zero-order chi connectivity index (χ0) is 75.0. The lowest BCUT2D eigenvalue weighted by molar-refractivity contribution is -0.243. The molecule has 1 aromatic heterocycles. The summed E-state index contributed by atoms with van der Waals surface area (Å²) >= 11 is 0. The number of Topliss-reactive ketones (excluding diaryl/α,β-unsaturated/α-hetero) is 2. The van der Waals surface area contributed by atoms with E-state index in [9.17, 15) is 82.8 Å². The van der Waals surface area contributed by atoms with Gasteiger partial charge in [0.05, 0.1) is 85.7 Å². The minimum atomic E-state index is -2.39. The van der Waals surface area contributed by atoms with Gasteiger partial charge < -0.3 is 95.9 Å². The van der Waals surface area contributed by atoms with Gasteiger partial charge in [0.1, 0.15) is 46.9 Å². The standard InChI is InChI=1S/C68H93N9O24S/c1-9-33(2)56-62(89)71-27-54(85)72-47-32-102(95)63-44(21-39(60(87)70-28-55(86)74-56)22-50(82)57(36(5)51(83)30-78)75-61(88)48-25-41(80)29-77(48)64(90)40(23-49(47)81)24-53(69)84)43-16-15-42(26-46(43)73-63)97-19-13-11-10-12-18-76(7)68(94)98-31-38-14-17-52(45(20-38)65(91)92)100-67-35(4)34(3)58(99-37(6)79)59(101-67)66(93)96-8/h14-17,20,26,33-36,39-41,47-48,51,56-59,67,73,78,80,83H,9-13,18-19,21-25,27-32H2,1-8H3,(H2,69,84)(H,70,87)(H,71,89)(H,72,85)(H,74,86)(H,75,88)(H,91,92)/t33-,34+,35+,36-,39+,40-,41+,47-,48-,51-,56-,57-,58-,59-,67?,102?/m0/s1. The number of methoxy groups -OCH3 is 1. The molecule has 33 nitrogen and oxygen atoms in total. The Labute approximate surface area is 590 Å². The Morgan fingerprint density at radius 1 is 0.853 bits per heavy atom. The SMILES string of the molecule is CC[C@H](C)[C@@H]1NC(=O)CNC(=O)[C@H]2CC(=O)[C@H]([C@@H](C)[C@@H](O)CO)NC(=O)[C@@H]3C[C@@H](O)CN3C(=O)[C@H](CC(N)=O)CC(=O)[C@H](CS(=O)c3[nH]c4cc(OCCCCCCN(C)C(=O)OCc5ccc(OC6O[C@H](C(=O)OC)[C@@H](OC(C)=O)[C@H](C)[C@H]6C)c(C(=O)O)c5)ccc4c3C2)NC(=O)CNC1=O. The molecule has 0 radical (unpaired) electrons. The highest BCUT2D eigenvalue weighted by molar-refractivity contribution is 7.85. The maximum atomic E-state index is 15.2. The van der Waals surface area contributed by atoms with Crippen molar-refractivity contribution in [3.05, 3.63) is 53.1 Å². The number of amides is 8. The van der Waals surface area contributed by atoms with E-state index in [2.05, 4.69) is 31.6 Å². The lowest BCUT2D eigenvalue weighted by atomic mass is 9.84. The molecule has 2 saturated heterocycles. The predicted molar refractivity (Wildman–Crippen MR) is 358 cm³/mol. The number of aliphatic hydroxyl groups excluding tert-OH is 3. The third kappa shape index (κ3) is 20.8. The van der Waals surface area contributed by atoms with Crippen LogP contribution in [0.25, 0.3) is 10.9 Å². The largest absolute Gasteiger partial charge is 0.494 e. The first-order valence-corrected chi connectivity index (χ1v) is 35.2. The van der Waals surface area contributed by atoms with Crippen LogP contribution in [0.5, 0.6) is 11.5 Å². The van der Waals surface area contributed by atoms with Crippen LogP contribution in [0.15, 0.2) is 41.4 Å². The normalized spacial score (nSPS) is 26.7. The highest BCUT2D eigenvalue weighted by Crippen LogP contribution is 2.37. The number of hydrogen-bond acceptors (Lipinski definition) is 23. The molecule has 2 bridgehead atoms. The van der Waals surface area contributed by atoms with Gasteiger partial charge in [-0.05, 0) is 60.6 Å². The van der Waals surface area contributed by atoms with Crippen molar-refractivity contribution in [1.82, 2.24) is 41.4 Å². The van der Waals surface area contributed by atoms with Gasteiger partial charge in [-0.2, -0.15) is 0 Å². The van der Waals surface area contributed by atoms with Crippen molar-refractivity contribution in [2.24, 2.45) is 41.2 Å². The number of fused-ring (bicyclic) bond motifs is 5. The summed E-state index contributed by atoms with van der Waals surface area (Å²) in [5, 5.41) is 55.0. The number of nitrogens with zero attached hydrogens (tertiary/aromatic N) is 2. The number of carbonyl (C=O) groups excluding carboxylic acids is 12. The number of aliphatic hydroxyl groups is 3. The molecule has 5 heterocycles. The van der Waals surface area contributed by atoms with E-state index in [1.165, 1.54) is 36.9 Å². The average molecular weight is 1450 g/mol. The smallest absolute Gasteiger partial charge is 0.409 e. The van der Waals surface area contributed by atoms with E-state index < -0.39 is 242 Å². The summed E-state index contributed by atoms with van der Waals surface area (Å²) in [5.74, 6) is -17.7. The molecule has 16 atom stereocenters. The molecule has 8 amide bonds. The Morgan fingerprint density at radius 3 is 2.22 bits per heavy atom. The number of rotatable bonds is 22. The molecule has 4 aliphatic rings. The Morgan fingerprint density at radius 2 is 1.55 bits per heavy atom. The number of primary amides is 1. The van der Waals surface area contributed by atoms with E-state index in [4.69, 9.17) is 34.2 Å². The number of ketones is 2. The maximum absolute atomic E-state index is 15.2. The van der Waals surface area contributed by atoms with Gasteiger partial charge in [-0.15, -0.1) is 0 Å². The molecule has 2 aromatic carbocycles. The summed E-state index contributed by atoms with van der Waals surface area (Å²) in [5.41, 5.74) is 6.12. The fourth-order valence-electron chi connectivity index (χ4n) is 12.7. The number of benzene rings is 2. The predicted octanol–water partition coefficient (Wildman–Crippen LogP) is -0.0580. The van der Waals surface area contributed by atoms with Crippen LogP contribution in [0.1, 0.15) is 121 Å². The zero-order valence-electron chi connectivity index (χ0n) is 58.2. The number of ether oxygens (including phenoxy) is 6. The molecule has 2 unspecified atom stereocenters. The fraction of sp³-hybridized carbons (Fsp3) is 0.603. The Bertz CT molecular complexity index is 3640. The van der Waals surface area contributed by atoms with Crippen molar-refractivity contribution >= 4 is 98.6 Å². The van der Waals surface area contributed by atoms with E-state index in [0.717, 1.165) is 12.0 Å². The first kappa shape index (κ1) is 80.2. The summed E-state index contributed by atoms with van der Waals surface area (Å²) in [6, 6.07) is 2.67. The number of aromatic amines is 1. The number of carboxylic acids is 1. The van der Waals surface area contributed by atoms with Gasteiger partial charge in [-0.25, -0.2) is 14.4 Å². The third-order valence-electron chi connectivity index (χ3n) is 19.0.